The van der Waals surface area contributed by atoms with E-state index in [4.69, 9.17) is 0 Å². The van der Waals surface area contributed by atoms with E-state index in [1.165, 1.54) is 25.7 Å². The second kappa shape index (κ2) is 6.91. The van der Waals surface area contributed by atoms with Crippen LogP contribution in [0.25, 0.3) is 10.6 Å². The number of nitrogens with one attached hydrogen (secondary N) is 2. The summed E-state index contributed by atoms with van der Waals surface area (Å²) in [5, 5.41) is 13.2. The van der Waals surface area contributed by atoms with Crippen LogP contribution in [0.5, 0.6) is 0 Å². The van der Waals surface area contributed by atoms with Gasteiger partial charge < -0.3 is 5.32 Å². The average molecular weight is 342 g/mol. The smallest absolute Gasteiger partial charge is 0.269 e. The van der Waals surface area contributed by atoms with Crippen molar-refractivity contribution in [1.29, 1.82) is 0 Å². The third kappa shape index (κ3) is 3.16. The molecule has 0 saturated heterocycles. The van der Waals surface area contributed by atoms with E-state index in [1.807, 2.05) is 28.3 Å². The summed E-state index contributed by atoms with van der Waals surface area (Å²) in [4.78, 5) is 13.2. The highest BCUT2D eigenvalue weighted by Crippen LogP contribution is 2.26. The summed E-state index contributed by atoms with van der Waals surface area (Å²) in [6, 6.07) is 5.93. The quantitative estimate of drug-likeness (QED) is 0.820. The lowest BCUT2D eigenvalue weighted by Gasteiger charge is -2.26. The summed E-state index contributed by atoms with van der Waals surface area (Å²) in [6.45, 7) is 1.50. The number of aromatic nitrogens is 2. The zero-order valence-electron chi connectivity index (χ0n) is 13.6. The van der Waals surface area contributed by atoms with Gasteiger partial charge in [0.1, 0.15) is 17.6 Å². The summed E-state index contributed by atoms with van der Waals surface area (Å²) in [6.07, 6.45) is 8.60. The van der Waals surface area contributed by atoms with Crippen LogP contribution in [0.1, 0.15) is 48.8 Å². The van der Waals surface area contributed by atoms with Gasteiger partial charge in [0, 0.05) is 6.54 Å². The first-order valence-electron chi connectivity index (χ1n) is 8.64. The molecule has 4 rings (SSSR count). The van der Waals surface area contributed by atoms with Crippen molar-refractivity contribution >= 4 is 17.2 Å². The van der Waals surface area contributed by atoms with Crippen molar-refractivity contribution in [2.24, 2.45) is 0 Å². The lowest BCUT2D eigenvalue weighted by molar-refractivity contribution is 0.0900. The Kier molecular flexibility index (Phi) is 4.49. The largest absolute Gasteiger partial charge is 0.347 e. The first-order chi connectivity index (χ1) is 11.8. The van der Waals surface area contributed by atoms with Crippen molar-refractivity contribution in [1.82, 2.24) is 20.4 Å². The predicted octanol–water partition coefficient (Wildman–Crippen LogP) is 3.33. The Balaban J connectivity index is 1.47. The third-order valence-corrected chi connectivity index (χ3v) is 5.60. The van der Waals surface area contributed by atoms with Gasteiger partial charge in [0.15, 0.2) is 0 Å². The summed E-state index contributed by atoms with van der Waals surface area (Å²) >= 11 is 1.64. The van der Waals surface area contributed by atoms with E-state index in [1.54, 1.807) is 16.9 Å². The Morgan fingerprint density at radius 1 is 1.42 bits per heavy atom. The van der Waals surface area contributed by atoms with Crippen LogP contribution in [0.4, 0.5) is 0 Å². The maximum absolute atomic E-state index is 12.1. The first kappa shape index (κ1) is 15.6. The van der Waals surface area contributed by atoms with E-state index in [0.717, 1.165) is 23.5 Å². The van der Waals surface area contributed by atoms with E-state index in [-0.39, 0.29) is 12.1 Å². The number of thiophene rings is 1. The van der Waals surface area contributed by atoms with Gasteiger partial charge >= 0.3 is 0 Å². The minimum Gasteiger partial charge on any atom is -0.347 e. The van der Waals surface area contributed by atoms with Crippen molar-refractivity contribution in [3.05, 3.63) is 40.9 Å². The zero-order chi connectivity index (χ0) is 16.4. The van der Waals surface area contributed by atoms with Crippen molar-refractivity contribution in [3.8, 4) is 10.6 Å². The van der Waals surface area contributed by atoms with Crippen LogP contribution >= 0.6 is 11.3 Å². The number of hydrogen-bond acceptors (Lipinski definition) is 4. The lowest BCUT2D eigenvalue weighted by atomic mass is 9.97. The molecule has 0 aromatic carbocycles. The molecular weight excluding hydrogens is 320 g/mol. The molecule has 0 bridgehead atoms. The molecule has 24 heavy (non-hydrogen) atoms. The molecule has 2 N–H and O–H groups in total. The maximum Gasteiger partial charge on any atom is 0.269 e. The Morgan fingerprint density at radius 2 is 2.38 bits per heavy atom. The molecule has 1 aliphatic carbocycles. The van der Waals surface area contributed by atoms with Crippen LogP contribution in [-0.2, 0) is 0 Å². The van der Waals surface area contributed by atoms with E-state index in [2.05, 4.69) is 21.8 Å². The molecule has 5 nitrogen and oxygen atoms in total. The number of nitrogens with zero attached hydrogens (tertiary/aromatic N) is 2. The van der Waals surface area contributed by atoms with Gasteiger partial charge in [-0.05, 0) is 49.6 Å². The summed E-state index contributed by atoms with van der Waals surface area (Å²) in [5.41, 5.74) is 3.08. The highest BCUT2D eigenvalue weighted by Gasteiger charge is 2.27. The lowest BCUT2D eigenvalue weighted by Crippen LogP contribution is -2.45. The molecular formula is C18H22N4OS. The Bertz CT molecular complexity index is 747. The van der Waals surface area contributed by atoms with Gasteiger partial charge in [-0.3, -0.25) is 10.1 Å². The second-order valence-corrected chi connectivity index (χ2v) is 7.32. The third-order valence-electron chi connectivity index (χ3n) is 4.70. The number of amides is 1. The summed E-state index contributed by atoms with van der Waals surface area (Å²) in [5.74, 6) is -0.0432. The molecule has 1 amide bonds. The van der Waals surface area contributed by atoms with Crippen LogP contribution in [0.2, 0.25) is 0 Å². The van der Waals surface area contributed by atoms with Crippen LogP contribution in [0, 0.1) is 0 Å². The second-order valence-electron chi connectivity index (χ2n) is 6.37. The van der Waals surface area contributed by atoms with E-state index in [0.29, 0.717) is 12.2 Å². The fourth-order valence-electron chi connectivity index (χ4n) is 3.40. The Morgan fingerprint density at radius 3 is 3.17 bits per heavy atom. The molecule has 2 aromatic heterocycles. The van der Waals surface area contributed by atoms with Crippen LogP contribution in [0.15, 0.2) is 35.2 Å². The standard InChI is InChI=1S/C18H22N4OS/c23-18-15-11-14(16-7-4-10-24-16)21-22(15)17(12-20-18)19-9-8-13-5-2-1-3-6-13/h4-5,7,10-11,17,19H,1-3,6,8-9,12H2,(H,20,23). The van der Waals surface area contributed by atoms with Gasteiger partial charge in [-0.1, -0.05) is 17.7 Å². The number of allylic oxidation sites excluding steroid dienone is 1. The van der Waals surface area contributed by atoms with E-state index in [9.17, 15) is 4.79 Å². The van der Waals surface area contributed by atoms with Crippen molar-refractivity contribution in [2.75, 3.05) is 13.1 Å². The Labute approximate surface area is 145 Å². The fourth-order valence-corrected chi connectivity index (χ4v) is 4.08. The van der Waals surface area contributed by atoms with Gasteiger partial charge in [-0.2, -0.15) is 5.10 Å². The number of carbonyl (C=O) groups excluding carboxylic acids is 1. The monoisotopic (exact) mass is 342 g/mol. The Hall–Kier alpha value is -1.92. The van der Waals surface area contributed by atoms with Gasteiger partial charge in [-0.15, -0.1) is 11.3 Å². The number of carbonyl (C=O) groups is 1. The molecule has 0 spiro atoms. The molecule has 1 atom stereocenters. The maximum atomic E-state index is 12.1. The van der Waals surface area contributed by atoms with Crippen molar-refractivity contribution < 1.29 is 4.79 Å². The van der Waals surface area contributed by atoms with E-state index >= 15 is 0 Å². The number of fused-ring (bicyclic) bond motifs is 1. The molecule has 1 unspecified atom stereocenters. The van der Waals surface area contributed by atoms with Gasteiger partial charge in [0.2, 0.25) is 0 Å². The molecule has 6 heteroatoms. The van der Waals surface area contributed by atoms with E-state index < -0.39 is 0 Å². The molecule has 1 aliphatic heterocycles. The van der Waals surface area contributed by atoms with Gasteiger partial charge in [0.05, 0.1) is 11.4 Å². The van der Waals surface area contributed by atoms with Gasteiger partial charge in [-0.25, -0.2) is 4.68 Å². The molecule has 2 aliphatic rings. The normalized spacial score (nSPS) is 20.4. The topological polar surface area (TPSA) is 59.0 Å². The summed E-state index contributed by atoms with van der Waals surface area (Å²) < 4.78 is 1.85. The average Bonchev–Trinajstić information content (AvgIpc) is 3.27. The molecule has 3 heterocycles. The molecule has 0 saturated carbocycles. The molecule has 126 valence electrons. The van der Waals surface area contributed by atoms with Crippen LogP contribution in [0.3, 0.4) is 0 Å². The van der Waals surface area contributed by atoms with Gasteiger partial charge in [0.25, 0.3) is 5.91 Å². The zero-order valence-corrected chi connectivity index (χ0v) is 14.4. The minimum absolute atomic E-state index is 0.0237. The summed E-state index contributed by atoms with van der Waals surface area (Å²) in [7, 11) is 0. The minimum atomic E-state index is -0.0432. The highest BCUT2D eigenvalue weighted by atomic mass is 32.1. The van der Waals surface area contributed by atoms with Crippen molar-refractivity contribution in [3.63, 3.8) is 0 Å². The first-order valence-corrected chi connectivity index (χ1v) is 9.52. The fraction of sp³-hybridized carbons (Fsp3) is 0.444. The van der Waals surface area contributed by atoms with Crippen molar-refractivity contribution in [2.45, 2.75) is 38.3 Å². The van der Waals surface area contributed by atoms with Crippen LogP contribution < -0.4 is 10.6 Å². The number of hydrogen-bond donors (Lipinski definition) is 2. The highest BCUT2D eigenvalue weighted by molar-refractivity contribution is 7.13. The SMILES string of the molecule is O=C1NCC(NCCC2=CCCCC2)n2nc(-c3cccs3)cc21. The van der Waals surface area contributed by atoms with Crippen LogP contribution in [-0.4, -0.2) is 28.8 Å². The molecule has 0 radical (unpaired) electrons. The predicted molar refractivity (Wildman–Crippen MR) is 96.1 cm³/mol. The number of rotatable bonds is 5. The molecule has 0 fully saturated rings. The molecule has 2 aromatic rings.